The molecule has 2 N–H and O–H groups in total. The van der Waals surface area contributed by atoms with Crippen LogP contribution in [0.4, 0.5) is 4.39 Å². The van der Waals surface area contributed by atoms with Gasteiger partial charge in [0, 0.05) is 30.1 Å². The number of imidazole rings is 1. The van der Waals surface area contributed by atoms with Gasteiger partial charge in [0.25, 0.3) is 0 Å². The molecule has 3 nitrogen and oxygen atoms in total. The molecule has 4 heteroatoms. The van der Waals surface area contributed by atoms with Crippen LogP contribution in [0.1, 0.15) is 5.56 Å². The lowest BCUT2D eigenvalue weighted by Gasteiger charge is -2.07. The minimum atomic E-state index is -0.271. The second kappa shape index (κ2) is 4.23. The first kappa shape index (κ1) is 10.9. The number of halogens is 1. The molecule has 2 heterocycles. The molecule has 0 radical (unpaired) electrons. The Morgan fingerprint density at radius 2 is 2.11 bits per heavy atom. The van der Waals surface area contributed by atoms with Gasteiger partial charge >= 0.3 is 0 Å². The molecule has 0 aliphatic carbocycles. The first-order valence-corrected chi connectivity index (χ1v) is 5.70. The fraction of sp³-hybridized carbons (Fsp3) is 0.0714. The number of fused-ring (bicyclic) bond motifs is 1. The van der Waals surface area contributed by atoms with E-state index in [0.717, 1.165) is 16.9 Å². The van der Waals surface area contributed by atoms with Crippen molar-refractivity contribution >= 4 is 5.65 Å². The van der Waals surface area contributed by atoms with Crippen LogP contribution in [0.2, 0.25) is 0 Å². The Bertz CT molecular complexity index is 703. The Hall–Kier alpha value is -2.20. The summed E-state index contributed by atoms with van der Waals surface area (Å²) in [4.78, 5) is 4.21. The predicted octanol–water partition coefficient (Wildman–Crippen LogP) is 2.60. The Kier molecular flexibility index (Phi) is 2.57. The topological polar surface area (TPSA) is 43.3 Å². The Labute approximate surface area is 104 Å². The third-order valence-corrected chi connectivity index (χ3v) is 3.00. The van der Waals surface area contributed by atoms with Crippen LogP contribution < -0.4 is 5.73 Å². The van der Waals surface area contributed by atoms with E-state index in [1.54, 1.807) is 12.3 Å². The molecule has 0 amide bonds. The van der Waals surface area contributed by atoms with Crippen molar-refractivity contribution < 1.29 is 4.39 Å². The third-order valence-electron chi connectivity index (χ3n) is 3.00. The van der Waals surface area contributed by atoms with Gasteiger partial charge in [-0.05, 0) is 18.2 Å². The molecule has 2 aromatic heterocycles. The lowest BCUT2D eigenvalue weighted by Crippen LogP contribution is -2.00. The van der Waals surface area contributed by atoms with Crippen LogP contribution in [-0.2, 0) is 6.54 Å². The van der Waals surface area contributed by atoms with Crippen molar-refractivity contribution in [1.82, 2.24) is 9.38 Å². The van der Waals surface area contributed by atoms with Gasteiger partial charge in [-0.1, -0.05) is 18.2 Å². The van der Waals surface area contributed by atoms with Gasteiger partial charge < -0.3 is 5.73 Å². The van der Waals surface area contributed by atoms with Crippen LogP contribution in [0.25, 0.3) is 16.9 Å². The van der Waals surface area contributed by atoms with E-state index in [-0.39, 0.29) is 12.4 Å². The maximum Gasteiger partial charge on any atom is 0.137 e. The second-order valence-electron chi connectivity index (χ2n) is 4.08. The van der Waals surface area contributed by atoms with Gasteiger partial charge in [0.15, 0.2) is 0 Å². The fourth-order valence-corrected chi connectivity index (χ4v) is 2.06. The summed E-state index contributed by atoms with van der Waals surface area (Å²) in [5, 5.41) is 0. The van der Waals surface area contributed by atoms with Crippen molar-refractivity contribution in [2.75, 3.05) is 0 Å². The summed E-state index contributed by atoms with van der Waals surface area (Å²) in [7, 11) is 0. The molecule has 0 saturated heterocycles. The highest BCUT2D eigenvalue weighted by molar-refractivity contribution is 5.64. The van der Waals surface area contributed by atoms with E-state index in [1.807, 2.05) is 34.9 Å². The van der Waals surface area contributed by atoms with Gasteiger partial charge in [-0.2, -0.15) is 0 Å². The van der Waals surface area contributed by atoms with E-state index in [1.165, 1.54) is 6.07 Å². The second-order valence-corrected chi connectivity index (χ2v) is 4.08. The first-order chi connectivity index (χ1) is 8.79. The van der Waals surface area contributed by atoms with Crippen molar-refractivity contribution in [2.45, 2.75) is 6.54 Å². The molecule has 0 spiro atoms. The highest BCUT2D eigenvalue weighted by Gasteiger charge is 2.07. The van der Waals surface area contributed by atoms with E-state index in [2.05, 4.69) is 4.98 Å². The van der Waals surface area contributed by atoms with Crippen molar-refractivity contribution in [3.63, 3.8) is 0 Å². The van der Waals surface area contributed by atoms with E-state index >= 15 is 0 Å². The molecule has 1 aromatic carbocycles. The highest BCUT2D eigenvalue weighted by Crippen LogP contribution is 2.22. The number of benzene rings is 1. The Balaban J connectivity index is 2.20. The summed E-state index contributed by atoms with van der Waals surface area (Å²) in [5.41, 5.74) is 8.55. The van der Waals surface area contributed by atoms with E-state index in [4.69, 9.17) is 5.73 Å². The van der Waals surface area contributed by atoms with Crippen LogP contribution in [0.5, 0.6) is 0 Å². The molecule has 0 aliphatic heterocycles. The summed E-state index contributed by atoms with van der Waals surface area (Å²) in [5.74, 6) is -0.271. The monoisotopic (exact) mass is 241 g/mol. The molecule has 90 valence electrons. The van der Waals surface area contributed by atoms with E-state index in [0.29, 0.717) is 5.56 Å². The smallest absolute Gasteiger partial charge is 0.137 e. The minimum Gasteiger partial charge on any atom is -0.326 e. The van der Waals surface area contributed by atoms with Crippen LogP contribution in [0.3, 0.4) is 0 Å². The number of nitrogens with two attached hydrogens (primary N) is 1. The lowest BCUT2D eigenvalue weighted by molar-refractivity contribution is 0.611. The molecule has 0 fully saturated rings. The van der Waals surface area contributed by atoms with Gasteiger partial charge in [0.1, 0.15) is 11.5 Å². The van der Waals surface area contributed by atoms with E-state index < -0.39 is 0 Å². The zero-order valence-electron chi connectivity index (χ0n) is 9.68. The fourth-order valence-electron chi connectivity index (χ4n) is 2.06. The summed E-state index contributed by atoms with van der Waals surface area (Å²) in [6, 6.07) is 10.9. The average molecular weight is 241 g/mol. The van der Waals surface area contributed by atoms with Crippen LogP contribution >= 0.6 is 0 Å². The van der Waals surface area contributed by atoms with Crippen molar-refractivity contribution in [1.29, 1.82) is 0 Å². The van der Waals surface area contributed by atoms with Crippen molar-refractivity contribution in [2.24, 2.45) is 5.73 Å². The van der Waals surface area contributed by atoms with Crippen molar-refractivity contribution in [3.8, 4) is 11.3 Å². The zero-order valence-corrected chi connectivity index (χ0v) is 9.68. The van der Waals surface area contributed by atoms with Gasteiger partial charge in [-0.3, -0.25) is 4.40 Å². The Morgan fingerprint density at radius 3 is 2.89 bits per heavy atom. The molecular weight excluding hydrogens is 229 g/mol. The zero-order chi connectivity index (χ0) is 12.5. The summed E-state index contributed by atoms with van der Waals surface area (Å²) < 4.78 is 15.7. The molecule has 0 bridgehead atoms. The summed E-state index contributed by atoms with van der Waals surface area (Å²) in [6.07, 6.45) is 3.59. The maximum absolute atomic E-state index is 13.8. The number of hydrogen-bond acceptors (Lipinski definition) is 2. The van der Waals surface area contributed by atoms with Gasteiger partial charge in [0.2, 0.25) is 0 Å². The third kappa shape index (κ3) is 1.67. The Morgan fingerprint density at radius 1 is 1.22 bits per heavy atom. The number of aromatic nitrogens is 2. The van der Waals surface area contributed by atoms with Crippen LogP contribution in [0, 0.1) is 5.82 Å². The molecule has 0 aliphatic rings. The quantitative estimate of drug-likeness (QED) is 0.749. The SMILES string of the molecule is NCc1ccc(-c2cccc3nccn23)cc1F. The molecule has 3 rings (SSSR count). The standard InChI is InChI=1S/C14H12FN3/c15-12-8-10(4-5-11(12)9-16)13-2-1-3-14-17-6-7-18(13)14/h1-8H,9,16H2. The van der Waals surface area contributed by atoms with Gasteiger partial charge in [-0.25, -0.2) is 9.37 Å². The first-order valence-electron chi connectivity index (χ1n) is 5.70. The van der Waals surface area contributed by atoms with Gasteiger partial charge in [0.05, 0.1) is 5.69 Å². The number of nitrogens with zero attached hydrogens (tertiary/aromatic N) is 2. The molecule has 3 aromatic rings. The number of pyridine rings is 1. The predicted molar refractivity (Wildman–Crippen MR) is 68.5 cm³/mol. The number of hydrogen-bond donors (Lipinski definition) is 1. The largest absolute Gasteiger partial charge is 0.326 e. The molecular formula is C14H12FN3. The highest BCUT2D eigenvalue weighted by atomic mass is 19.1. The average Bonchev–Trinajstić information content (AvgIpc) is 2.86. The van der Waals surface area contributed by atoms with Crippen molar-refractivity contribution in [3.05, 3.63) is 60.2 Å². The molecule has 18 heavy (non-hydrogen) atoms. The minimum absolute atomic E-state index is 0.210. The maximum atomic E-state index is 13.8. The molecule has 0 saturated carbocycles. The normalized spacial score (nSPS) is 11.0. The lowest BCUT2D eigenvalue weighted by atomic mass is 10.1. The summed E-state index contributed by atoms with van der Waals surface area (Å²) in [6.45, 7) is 0.210. The van der Waals surface area contributed by atoms with Crippen LogP contribution in [0.15, 0.2) is 48.8 Å². The summed E-state index contributed by atoms with van der Waals surface area (Å²) >= 11 is 0. The molecule has 0 unspecified atom stereocenters. The molecule has 0 atom stereocenters. The number of rotatable bonds is 2. The van der Waals surface area contributed by atoms with Gasteiger partial charge in [-0.15, -0.1) is 0 Å². The van der Waals surface area contributed by atoms with E-state index in [9.17, 15) is 4.39 Å². The van der Waals surface area contributed by atoms with Crippen LogP contribution in [-0.4, -0.2) is 9.38 Å².